The van der Waals surface area contributed by atoms with E-state index in [4.69, 9.17) is 0 Å². The van der Waals surface area contributed by atoms with Crippen LogP contribution in [0.4, 0.5) is 5.69 Å². The van der Waals surface area contributed by atoms with Crippen molar-refractivity contribution >= 4 is 23.2 Å². The summed E-state index contributed by atoms with van der Waals surface area (Å²) in [6.07, 6.45) is 4.37. The Morgan fingerprint density at radius 1 is 1.26 bits per heavy atom. The van der Waals surface area contributed by atoms with Crippen LogP contribution in [0.25, 0.3) is 0 Å². The summed E-state index contributed by atoms with van der Waals surface area (Å²) in [6.45, 7) is 12.0. The van der Waals surface area contributed by atoms with Gasteiger partial charge in [-0.1, -0.05) is 32.1 Å². The van der Waals surface area contributed by atoms with Gasteiger partial charge in [-0.2, -0.15) is 5.10 Å². The predicted molar refractivity (Wildman–Crippen MR) is 111 cm³/mol. The van der Waals surface area contributed by atoms with Crippen molar-refractivity contribution in [3.63, 3.8) is 0 Å². The quantitative estimate of drug-likeness (QED) is 0.566. The summed E-state index contributed by atoms with van der Waals surface area (Å²) in [7, 11) is 0. The highest BCUT2D eigenvalue weighted by Crippen LogP contribution is 2.26. The Morgan fingerprint density at radius 2 is 1.93 bits per heavy atom. The zero-order valence-electron chi connectivity index (χ0n) is 16.6. The number of carbonyl (C=O) groups is 2. The molecule has 27 heavy (non-hydrogen) atoms. The number of benzene rings is 1. The minimum atomic E-state index is -0.271. The maximum Gasteiger partial charge on any atom is 0.271 e. The molecular formula is C22H29N3O2. The van der Waals surface area contributed by atoms with Gasteiger partial charge in [0.1, 0.15) is 0 Å². The maximum absolute atomic E-state index is 12.3. The first-order valence-corrected chi connectivity index (χ1v) is 9.35. The molecular weight excluding hydrogens is 338 g/mol. The van der Waals surface area contributed by atoms with Crippen LogP contribution < -0.4 is 10.7 Å². The summed E-state index contributed by atoms with van der Waals surface area (Å²) in [5, 5.41) is 7.15. The molecule has 0 fully saturated rings. The van der Waals surface area contributed by atoms with E-state index >= 15 is 0 Å². The Bertz CT molecular complexity index is 773. The summed E-state index contributed by atoms with van der Waals surface area (Å²) < 4.78 is 0. The summed E-state index contributed by atoms with van der Waals surface area (Å²) in [5.41, 5.74) is 6.93. The normalized spacial score (nSPS) is 18.2. The number of anilines is 1. The molecule has 5 nitrogen and oxygen atoms in total. The smallest absolute Gasteiger partial charge is 0.271 e. The van der Waals surface area contributed by atoms with Gasteiger partial charge in [0.25, 0.3) is 5.91 Å². The van der Waals surface area contributed by atoms with E-state index in [1.807, 2.05) is 27.7 Å². The van der Waals surface area contributed by atoms with Crippen LogP contribution >= 0.6 is 0 Å². The minimum Gasteiger partial charge on any atom is -0.326 e. The third kappa shape index (κ3) is 6.20. The van der Waals surface area contributed by atoms with Crippen LogP contribution in [-0.2, 0) is 4.79 Å². The molecule has 1 aliphatic rings. The highest BCUT2D eigenvalue weighted by Gasteiger charge is 2.19. The molecule has 0 aromatic heterocycles. The first-order chi connectivity index (χ1) is 12.8. The molecule has 0 saturated heterocycles. The van der Waals surface area contributed by atoms with Gasteiger partial charge in [0.05, 0.1) is 5.71 Å². The van der Waals surface area contributed by atoms with Crippen LogP contribution in [0.3, 0.4) is 0 Å². The topological polar surface area (TPSA) is 70.6 Å². The number of hydrazone groups is 1. The van der Waals surface area contributed by atoms with Gasteiger partial charge in [-0.25, -0.2) is 5.43 Å². The highest BCUT2D eigenvalue weighted by atomic mass is 16.2. The van der Waals surface area contributed by atoms with Gasteiger partial charge in [-0.3, -0.25) is 9.59 Å². The van der Waals surface area contributed by atoms with Gasteiger partial charge < -0.3 is 5.32 Å². The van der Waals surface area contributed by atoms with E-state index < -0.39 is 0 Å². The average molecular weight is 367 g/mol. The van der Waals surface area contributed by atoms with E-state index in [-0.39, 0.29) is 11.8 Å². The number of carbonyl (C=O) groups excluding carboxylic acids is 2. The Kier molecular flexibility index (Phi) is 7.11. The first-order valence-electron chi connectivity index (χ1n) is 9.35. The highest BCUT2D eigenvalue weighted by molar-refractivity contribution is 6.02. The van der Waals surface area contributed by atoms with Crippen molar-refractivity contribution in [1.82, 2.24) is 5.43 Å². The van der Waals surface area contributed by atoms with Crippen LogP contribution in [-0.4, -0.2) is 17.5 Å². The van der Waals surface area contributed by atoms with E-state index in [0.717, 1.165) is 29.7 Å². The van der Waals surface area contributed by atoms with Crippen molar-refractivity contribution in [3.8, 4) is 0 Å². The van der Waals surface area contributed by atoms with Crippen LogP contribution in [0.2, 0.25) is 0 Å². The standard InChI is InChI=1S/C22H29N3O2/c1-14(2)12-21(26)23-19-10-8-17(9-11-19)22(27)25-24-20-13-18(15(3)4)7-6-16(20)5/h6,8-11,14,18H,3,7,12-13H2,1-2,4-5H3,(H,23,26)(H,25,27). The zero-order chi connectivity index (χ0) is 20.0. The zero-order valence-corrected chi connectivity index (χ0v) is 16.6. The summed E-state index contributed by atoms with van der Waals surface area (Å²) in [4.78, 5) is 24.2. The Morgan fingerprint density at radius 3 is 2.52 bits per heavy atom. The Labute approximate surface area is 161 Å². The number of hydrogen-bond donors (Lipinski definition) is 2. The second-order valence-electron chi connectivity index (χ2n) is 7.59. The predicted octanol–water partition coefficient (Wildman–Crippen LogP) is 4.69. The largest absolute Gasteiger partial charge is 0.326 e. The number of allylic oxidation sites excluding steroid dienone is 3. The lowest BCUT2D eigenvalue weighted by Gasteiger charge is -2.22. The number of hydrogen-bond acceptors (Lipinski definition) is 3. The molecule has 2 rings (SSSR count). The van der Waals surface area contributed by atoms with Gasteiger partial charge in [0.15, 0.2) is 0 Å². The van der Waals surface area contributed by atoms with Crippen molar-refractivity contribution in [1.29, 1.82) is 0 Å². The molecule has 1 atom stereocenters. The van der Waals surface area contributed by atoms with Gasteiger partial charge >= 0.3 is 0 Å². The Hall–Kier alpha value is -2.69. The minimum absolute atomic E-state index is 0.0276. The van der Waals surface area contributed by atoms with E-state index in [0.29, 0.717) is 29.5 Å². The molecule has 2 N–H and O–H groups in total. The van der Waals surface area contributed by atoms with Crippen LogP contribution in [0.5, 0.6) is 0 Å². The molecule has 144 valence electrons. The molecule has 0 radical (unpaired) electrons. The molecule has 1 aromatic carbocycles. The second-order valence-corrected chi connectivity index (χ2v) is 7.59. The second kappa shape index (κ2) is 9.31. The lowest BCUT2D eigenvalue weighted by molar-refractivity contribution is -0.116. The number of nitrogens with zero attached hydrogens (tertiary/aromatic N) is 1. The van der Waals surface area contributed by atoms with Gasteiger partial charge in [0.2, 0.25) is 5.91 Å². The van der Waals surface area contributed by atoms with Crippen molar-refractivity contribution in [2.45, 2.75) is 47.0 Å². The molecule has 1 aromatic rings. The molecule has 2 amide bonds. The van der Waals surface area contributed by atoms with Gasteiger partial charge in [0, 0.05) is 17.7 Å². The maximum atomic E-state index is 12.3. The summed E-state index contributed by atoms with van der Waals surface area (Å²) in [5.74, 6) is 0.377. The number of nitrogens with one attached hydrogen (secondary N) is 2. The molecule has 0 heterocycles. The lowest BCUT2D eigenvalue weighted by atomic mass is 9.85. The summed E-state index contributed by atoms with van der Waals surface area (Å²) in [6, 6.07) is 6.81. The molecule has 1 unspecified atom stereocenters. The van der Waals surface area contributed by atoms with Crippen LogP contribution in [0, 0.1) is 11.8 Å². The van der Waals surface area contributed by atoms with Crippen molar-refractivity contribution < 1.29 is 9.59 Å². The number of amides is 2. The van der Waals surface area contributed by atoms with E-state index in [2.05, 4.69) is 28.5 Å². The van der Waals surface area contributed by atoms with Crippen LogP contribution in [0.15, 0.2) is 53.2 Å². The Balaban J connectivity index is 1.98. The van der Waals surface area contributed by atoms with Crippen molar-refractivity contribution in [2.24, 2.45) is 16.9 Å². The molecule has 0 bridgehead atoms. The molecule has 0 spiro atoms. The van der Waals surface area contributed by atoms with E-state index in [1.54, 1.807) is 24.3 Å². The third-order valence-electron chi connectivity index (χ3n) is 4.62. The molecule has 5 heteroatoms. The SMILES string of the molecule is C=C(C)C1CC=C(C)C(=NNC(=O)c2ccc(NC(=O)CC(C)C)cc2)C1. The average Bonchev–Trinajstić information content (AvgIpc) is 2.60. The fourth-order valence-electron chi connectivity index (χ4n) is 2.89. The lowest BCUT2D eigenvalue weighted by Crippen LogP contribution is -2.23. The fraction of sp³-hybridized carbons (Fsp3) is 0.409. The van der Waals surface area contributed by atoms with Crippen molar-refractivity contribution in [3.05, 3.63) is 53.6 Å². The first kappa shape index (κ1) is 20.6. The summed E-state index contributed by atoms with van der Waals surface area (Å²) >= 11 is 0. The van der Waals surface area contributed by atoms with Gasteiger partial charge in [-0.05, 0) is 68.4 Å². The molecule has 0 saturated carbocycles. The van der Waals surface area contributed by atoms with Crippen molar-refractivity contribution in [2.75, 3.05) is 5.32 Å². The van der Waals surface area contributed by atoms with Crippen LogP contribution in [0.1, 0.15) is 57.3 Å². The van der Waals surface area contributed by atoms with E-state index in [9.17, 15) is 9.59 Å². The van der Waals surface area contributed by atoms with Gasteiger partial charge in [-0.15, -0.1) is 0 Å². The molecule has 0 aliphatic heterocycles. The number of rotatable bonds is 6. The van der Waals surface area contributed by atoms with E-state index in [1.165, 1.54) is 0 Å². The monoisotopic (exact) mass is 367 g/mol. The fourth-order valence-corrected chi connectivity index (χ4v) is 2.89. The molecule has 1 aliphatic carbocycles. The third-order valence-corrected chi connectivity index (χ3v) is 4.62.